The van der Waals surface area contributed by atoms with Crippen molar-refractivity contribution < 1.29 is 9.53 Å². The highest BCUT2D eigenvalue weighted by atomic mass is 32.1. The number of nitrogens with zero attached hydrogens (tertiary/aromatic N) is 4. The van der Waals surface area contributed by atoms with Crippen molar-refractivity contribution in [2.75, 3.05) is 11.9 Å². The highest BCUT2D eigenvalue weighted by Gasteiger charge is 2.37. The molecule has 1 aliphatic rings. The molecule has 1 amide bonds. The van der Waals surface area contributed by atoms with Crippen molar-refractivity contribution in [1.82, 2.24) is 20.0 Å². The van der Waals surface area contributed by atoms with Crippen LogP contribution in [0.25, 0.3) is 0 Å². The number of aromatic nitrogens is 4. The smallest absolute Gasteiger partial charge is 0.232 e. The molecule has 1 aliphatic heterocycles. The lowest BCUT2D eigenvalue weighted by atomic mass is 9.98. The molecule has 0 saturated carbocycles. The summed E-state index contributed by atoms with van der Waals surface area (Å²) in [6.45, 7) is 2.42. The Kier molecular flexibility index (Phi) is 3.49. The highest BCUT2D eigenvalue weighted by molar-refractivity contribution is 7.15. The van der Waals surface area contributed by atoms with Crippen LogP contribution in [0.4, 0.5) is 5.13 Å². The Labute approximate surface area is 120 Å². The topological polar surface area (TPSA) is 81.9 Å². The average Bonchev–Trinajstić information content (AvgIpc) is 3.10. The summed E-state index contributed by atoms with van der Waals surface area (Å²) in [6.07, 6.45) is 2.15. The van der Waals surface area contributed by atoms with Gasteiger partial charge < -0.3 is 10.1 Å². The van der Waals surface area contributed by atoms with Crippen LogP contribution in [0, 0.1) is 12.8 Å². The van der Waals surface area contributed by atoms with Crippen LogP contribution < -0.4 is 5.32 Å². The van der Waals surface area contributed by atoms with Crippen LogP contribution in [-0.4, -0.2) is 32.5 Å². The summed E-state index contributed by atoms with van der Waals surface area (Å²) in [7, 11) is 1.85. The van der Waals surface area contributed by atoms with Gasteiger partial charge in [0.15, 0.2) is 0 Å². The number of hydrogen-bond acceptors (Lipinski definition) is 6. The monoisotopic (exact) mass is 293 g/mol. The summed E-state index contributed by atoms with van der Waals surface area (Å²) in [5, 5.41) is 16.1. The summed E-state index contributed by atoms with van der Waals surface area (Å²) in [5.41, 5.74) is 0.913. The van der Waals surface area contributed by atoms with Crippen molar-refractivity contribution >= 4 is 22.4 Å². The molecule has 0 aliphatic carbocycles. The molecule has 7 nitrogen and oxygen atoms in total. The van der Waals surface area contributed by atoms with E-state index in [1.54, 1.807) is 10.9 Å². The third kappa shape index (κ3) is 2.44. The minimum Gasteiger partial charge on any atom is -0.371 e. The standard InChI is InChI=1S/C12H15N5O2S/c1-7-15-16-12(20-7)14-11(18)8-4-6-19-10(8)9-3-5-13-17(9)2/h3,5,8,10H,4,6H2,1-2H3,(H,14,16,18)/t8-,10-/m1/s1. The zero-order valence-electron chi connectivity index (χ0n) is 11.2. The fraction of sp³-hybridized carbons (Fsp3) is 0.500. The number of rotatable bonds is 3. The van der Waals surface area contributed by atoms with Gasteiger partial charge in [0.1, 0.15) is 11.1 Å². The van der Waals surface area contributed by atoms with Gasteiger partial charge in [-0.1, -0.05) is 11.3 Å². The van der Waals surface area contributed by atoms with Gasteiger partial charge in [-0.2, -0.15) is 5.10 Å². The van der Waals surface area contributed by atoms with Crippen LogP contribution in [0.5, 0.6) is 0 Å². The summed E-state index contributed by atoms with van der Waals surface area (Å²) in [5.74, 6) is -0.306. The minimum atomic E-state index is -0.253. The van der Waals surface area contributed by atoms with Crippen LogP contribution >= 0.6 is 11.3 Å². The van der Waals surface area contributed by atoms with Gasteiger partial charge in [0.25, 0.3) is 0 Å². The Morgan fingerprint density at radius 1 is 1.55 bits per heavy atom. The zero-order valence-corrected chi connectivity index (χ0v) is 12.1. The lowest BCUT2D eigenvalue weighted by Crippen LogP contribution is -2.26. The second kappa shape index (κ2) is 5.29. The average molecular weight is 293 g/mol. The molecule has 0 aromatic carbocycles. The molecule has 1 N–H and O–H groups in total. The summed E-state index contributed by atoms with van der Waals surface area (Å²) in [6, 6.07) is 1.88. The molecule has 0 unspecified atom stereocenters. The number of amides is 1. The lowest BCUT2D eigenvalue weighted by molar-refractivity contribution is -0.121. The zero-order chi connectivity index (χ0) is 14.1. The van der Waals surface area contributed by atoms with E-state index in [0.717, 1.165) is 10.7 Å². The van der Waals surface area contributed by atoms with Gasteiger partial charge in [-0.25, -0.2) is 0 Å². The largest absolute Gasteiger partial charge is 0.371 e. The van der Waals surface area contributed by atoms with Gasteiger partial charge in [-0.15, -0.1) is 10.2 Å². The maximum absolute atomic E-state index is 12.4. The first-order chi connectivity index (χ1) is 9.65. The molecule has 20 heavy (non-hydrogen) atoms. The first-order valence-electron chi connectivity index (χ1n) is 6.35. The maximum atomic E-state index is 12.4. The van der Waals surface area contributed by atoms with Crippen molar-refractivity contribution in [3.05, 3.63) is 23.0 Å². The molecule has 2 atom stereocenters. The van der Waals surface area contributed by atoms with Crippen molar-refractivity contribution in [3.63, 3.8) is 0 Å². The molecule has 1 saturated heterocycles. The first-order valence-corrected chi connectivity index (χ1v) is 7.17. The van der Waals surface area contributed by atoms with Gasteiger partial charge in [0, 0.05) is 19.9 Å². The van der Waals surface area contributed by atoms with E-state index in [1.807, 2.05) is 20.0 Å². The van der Waals surface area contributed by atoms with Gasteiger partial charge in [-0.3, -0.25) is 9.48 Å². The normalized spacial score (nSPS) is 22.1. The van der Waals surface area contributed by atoms with Crippen LogP contribution in [0.2, 0.25) is 0 Å². The molecular formula is C12H15N5O2S. The molecule has 0 radical (unpaired) electrons. The molecule has 1 fully saturated rings. The molecule has 106 valence electrons. The molecule has 3 heterocycles. The van der Waals surface area contributed by atoms with Crippen LogP contribution in [-0.2, 0) is 16.6 Å². The molecular weight excluding hydrogens is 278 g/mol. The van der Waals surface area contributed by atoms with Crippen molar-refractivity contribution in [2.45, 2.75) is 19.4 Å². The summed E-state index contributed by atoms with van der Waals surface area (Å²) in [4.78, 5) is 12.4. The number of nitrogens with one attached hydrogen (secondary N) is 1. The summed E-state index contributed by atoms with van der Waals surface area (Å²) < 4.78 is 7.44. The first kappa shape index (κ1) is 13.2. The van der Waals surface area contributed by atoms with E-state index in [1.165, 1.54) is 11.3 Å². The van der Waals surface area contributed by atoms with E-state index in [-0.39, 0.29) is 17.9 Å². The van der Waals surface area contributed by atoms with Crippen molar-refractivity contribution in [1.29, 1.82) is 0 Å². The van der Waals surface area contributed by atoms with E-state index in [4.69, 9.17) is 4.74 Å². The maximum Gasteiger partial charge on any atom is 0.232 e. The third-order valence-corrected chi connectivity index (χ3v) is 4.09. The number of hydrogen-bond donors (Lipinski definition) is 1. The number of carbonyl (C=O) groups excluding carboxylic acids is 1. The minimum absolute atomic E-state index is 0.0788. The van der Waals surface area contributed by atoms with Gasteiger partial charge in [-0.05, 0) is 19.4 Å². The van der Waals surface area contributed by atoms with Crippen LogP contribution in [0.15, 0.2) is 12.3 Å². The lowest BCUT2D eigenvalue weighted by Gasteiger charge is -2.17. The molecule has 3 rings (SSSR count). The Bertz CT molecular complexity index is 623. The van der Waals surface area contributed by atoms with Crippen molar-refractivity contribution in [3.8, 4) is 0 Å². The van der Waals surface area contributed by atoms with E-state index in [0.29, 0.717) is 18.2 Å². The van der Waals surface area contributed by atoms with E-state index < -0.39 is 0 Å². The quantitative estimate of drug-likeness (QED) is 0.922. The number of aryl methyl sites for hydroxylation is 2. The van der Waals surface area contributed by atoms with E-state index in [2.05, 4.69) is 20.6 Å². The Balaban J connectivity index is 1.75. The number of carbonyl (C=O) groups is 1. The van der Waals surface area contributed by atoms with Gasteiger partial charge in [0.2, 0.25) is 11.0 Å². The van der Waals surface area contributed by atoms with Gasteiger partial charge in [0.05, 0.1) is 11.6 Å². The third-order valence-electron chi connectivity index (χ3n) is 3.33. The van der Waals surface area contributed by atoms with Crippen molar-refractivity contribution in [2.24, 2.45) is 13.0 Å². The molecule has 2 aromatic heterocycles. The SMILES string of the molecule is Cc1nnc(NC(=O)[C@@H]2CCO[C@H]2c2ccnn2C)s1. The second-order valence-corrected chi connectivity index (χ2v) is 5.86. The van der Waals surface area contributed by atoms with Gasteiger partial charge >= 0.3 is 0 Å². The highest BCUT2D eigenvalue weighted by Crippen LogP contribution is 2.35. The summed E-state index contributed by atoms with van der Waals surface area (Å²) >= 11 is 1.36. The van der Waals surface area contributed by atoms with Crippen LogP contribution in [0.3, 0.4) is 0 Å². The van der Waals surface area contributed by atoms with Crippen LogP contribution in [0.1, 0.15) is 23.2 Å². The number of ether oxygens (including phenoxy) is 1. The van der Waals surface area contributed by atoms with E-state index in [9.17, 15) is 4.79 Å². The molecule has 8 heteroatoms. The predicted molar refractivity (Wildman–Crippen MR) is 73.3 cm³/mol. The fourth-order valence-electron chi connectivity index (χ4n) is 2.36. The molecule has 0 bridgehead atoms. The Morgan fingerprint density at radius 2 is 2.40 bits per heavy atom. The fourth-order valence-corrected chi connectivity index (χ4v) is 2.95. The van der Waals surface area contributed by atoms with E-state index >= 15 is 0 Å². The Morgan fingerprint density at radius 3 is 3.05 bits per heavy atom. The predicted octanol–water partition coefficient (Wildman–Crippen LogP) is 1.30. The molecule has 0 spiro atoms. The Hall–Kier alpha value is -1.80. The molecule has 2 aromatic rings. The second-order valence-electron chi connectivity index (χ2n) is 4.68. The number of anilines is 1.